The van der Waals surface area contributed by atoms with Crippen molar-refractivity contribution in [1.29, 1.82) is 0 Å². The highest BCUT2D eigenvalue weighted by Gasteiger charge is 2.20. The average Bonchev–Trinajstić information content (AvgIpc) is 2.76. The maximum absolute atomic E-state index is 11.6. The van der Waals surface area contributed by atoms with Gasteiger partial charge in [0.1, 0.15) is 5.75 Å². The van der Waals surface area contributed by atoms with Crippen molar-refractivity contribution in [1.82, 2.24) is 9.80 Å². The summed E-state index contributed by atoms with van der Waals surface area (Å²) in [4.78, 5) is 15.6. The topological polar surface area (TPSA) is 57.7 Å². The predicted octanol–water partition coefficient (Wildman–Crippen LogP) is 0.364. The summed E-state index contributed by atoms with van der Waals surface area (Å²) in [6.07, 6.45) is 4.50. The first kappa shape index (κ1) is 15.4. The molecule has 0 bridgehead atoms. The molecule has 18 heavy (non-hydrogen) atoms. The highest BCUT2D eigenvalue weighted by Crippen LogP contribution is 2.13. The molecule has 0 aromatic heterocycles. The Kier molecular flexibility index (Phi) is 5.59. The minimum absolute atomic E-state index is 0.314. The van der Waals surface area contributed by atoms with Gasteiger partial charge in [-0.1, -0.05) is 0 Å². The van der Waals surface area contributed by atoms with Gasteiger partial charge in [-0.05, 0) is 39.3 Å². The second-order valence-electron chi connectivity index (χ2n) is 5.27. The highest BCUT2D eigenvalue weighted by atomic mass is 32.2. The minimum atomic E-state index is -3.22. The van der Waals surface area contributed by atoms with Gasteiger partial charge in [0.2, 0.25) is 5.91 Å². The molecule has 0 aromatic rings. The van der Waals surface area contributed by atoms with Crippen LogP contribution in [0.5, 0.6) is 0 Å². The van der Waals surface area contributed by atoms with Crippen LogP contribution in [0.3, 0.4) is 0 Å². The van der Waals surface area contributed by atoms with Gasteiger partial charge in [-0.3, -0.25) is 4.79 Å². The Labute approximate surface area is 110 Å². The molecule has 0 aromatic carbocycles. The lowest BCUT2D eigenvalue weighted by Gasteiger charge is -2.26. The number of sulfone groups is 1. The predicted molar refractivity (Wildman–Crippen MR) is 72.2 cm³/mol. The van der Waals surface area contributed by atoms with E-state index in [0.717, 1.165) is 25.8 Å². The largest absolute Gasteiger partial charge is 0.345 e. The summed E-state index contributed by atoms with van der Waals surface area (Å²) in [6.45, 7) is 5.07. The Morgan fingerprint density at radius 3 is 2.39 bits per heavy atom. The third-order valence-electron chi connectivity index (χ3n) is 3.46. The van der Waals surface area contributed by atoms with Crippen molar-refractivity contribution in [3.05, 3.63) is 0 Å². The van der Waals surface area contributed by atoms with Crippen LogP contribution in [0.25, 0.3) is 0 Å². The molecule has 0 saturated carbocycles. The molecule has 5 nitrogen and oxygen atoms in total. The Hall–Kier alpha value is -0.620. The second-order valence-corrected chi connectivity index (χ2v) is 7.41. The molecule has 6 heteroatoms. The van der Waals surface area contributed by atoms with Crippen LogP contribution in [-0.2, 0) is 14.6 Å². The first-order valence-electron chi connectivity index (χ1n) is 6.45. The molecule has 1 aliphatic rings. The Bertz CT molecular complexity index is 375. The summed E-state index contributed by atoms with van der Waals surface area (Å²) in [5, 5.41) is 0. The normalized spacial score (nSPS) is 18.8. The van der Waals surface area contributed by atoms with Crippen molar-refractivity contribution in [2.24, 2.45) is 0 Å². The molecule has 0 unspecified atom stereocenters. The van der Waals surface area contributed by atoms with Gasteiger partial charge in [-0.15, -0.1) is 0 Å². The number of likely N-dealkylation sites (tertiary alicyclic amines) is 1. The second kappa shape index (κ2) is 6.52. The highest BCUT2D eigenvalue weighted by molar-refractivity contribution is 7.91. The van der Waals surface area contributed by atoms with Crippen LogP contribution in [0, 0.1) is 0 Å². The Morgan fingerprint density at radius 1 is 1.33 bits per heavy atom. The molecule has 0 N–H and O–H groups in total. The summed E-state index contributed by atoms with van der Waals surface area (Å²) in [6, 6.07) is 0.459. The summed E-state index contributed by atoms with van der Waals surface area (Å²) in [5.41, 5.74) is 0. The van der Waals surface area contributed by atoms with Crippen LogP contribution in [-0.4, -0.2) is 68.9 Å². The van der Waals surface area contributed by atoms with Gasteiger partial charge in [0, 0.05) is 25.9 Å². The fourth-order valence-electron chi connectivity index (χ4n) is 2.20. The average molecular weight is 276 g/mol. The molecule has 1 rings (SSSR count). The zero-order valence-corrected chi connectivity index (χ0v) is 12.4. The molecule has 1 heterocycles. The lowest BCUT2D eigenvalue weighted by molar-refractivity contribution is -0.127. The molecular formula is C12H24N2O3S. The van der Waals surface area contributed by atoms with Crippen molar-refractivity contribution in [2.75, 3.05) is 38.7 Å². The number of hydrogen-bond donors (Lipinski definition) is 0. The van der Waals surface area contributed by atoms with Gasteiger partial charge in [0.15, 0.2) is 9.84 Å². The van der Waals surface area contributed by atoms with E-state index < -0.39 is 9.84 Å². The van der Waals surface area contributed by atoms with Crippen molar-refractivity contribution in [2.45, 2.75) is 32.2 Å². The molecule has 1 aliphatic heterocycles. The van der Waals surface area contributed by atoms with Crippen molar-refractivity contribution >= 4 is 15.7 Å². The Morgan fingerprint density at radius 2 is 1.89 bits per heavy atom. The molecule has 0 aliphatic carbocycles. The zero-order valence-electron chi connectivity index (χ0n) is 11.6. The third kappa shape index (κ3) is 5.35. The van der Waals surface area contributed by atoms with Crippen LogP contribution < -0.4 is 0 Å². The first-order valence-corrected chi connectivity index (χ1v) is 8.51. The summed E-state index contributed by atoms with van der Waals surface area (Å²) in [5.74, 6) is -0.701. The van der Waals surface area contributed by atoms with Crippen LogP contribution in [0.15, 0.2) is 0 Å². The smallest absolute Gasteiger partial charge is 0.237 e. The van der Waals surface area contributed by atoms with Crippen LogP contribution in [0.4, 0.5) is 0 Å². The number of nitrogens with zero attached hydrogens (tertiary/aromatic N) is 2. The monoisotopic (exact) mass is 276 g/mol. The fraction of sp³-hybridized carbons (Fsp3) is 0.917. The van der Waals surface area contributed by atoms with E-state index in [1.165, 1.54) is 17.7 Å². The Balaban J connectivity index is 2.31. The number of rotatable bonds is 6. The first-order chi connectivity index (χ1) is 8.29. The quantitative estimate of drug-likeness (QED) is 0.703. The van der Waals surface area contributed by atoms with Gasteiger partial charge in [-0.2, -0.15) is 0 Å². The minimum Gasteiger partial charge on any atom is -0.345 e. The van der Waals surface area contributed by atoms with Crippen molar-refractivity contribution < 1.29 is 13.2 Å². The summed E-state index contributed by atoms with van der Waals surface area (Å²) < 4.78 is 22.1. The summed E-state index contributed by atoms with van der Waals surface area (Å²) in [7, 11) is -1.55. The molecular weight excluding hydrogens is 252 g/mol. The molecule has 1 atom stereocenters. The maximum Gasteiger partial charge on any atom is 0.237 e. The van der Waals surface area contributed by atoms with E-state index in [9.17, 15) is 13.2 Å². The van der Waals surface area contributed by atoms with E-state index in [0.29, 0.717) is 12.6 Å². The van der Waals surface area contributed by atoms with Gasteiger partial charge in [-0.25, -0.2) is 8.42 Å². The van der Waals surface area contributed by atoms with E-state index >= 15 is 0 Å². The standard InChI is InChI=1S/C12H24N2O3S/c1-11(14-7-4-5-8-14)6-9-13(2)12(15)10-18(3,16)17/h11H,4-10H2,1-3H3/t11-/m0/s1. The lowest BCUT2D eigenvalue weighted by Crippen LogP contribution is -2.37. The van der Waals surface area contributed by atoms with Gasteiger partial charge in [0.05, 0.1) is 0 Å². The summed E-state index contributed by atoms with van der Waals surface area (Å²) >= 11 is 0. The molecule has 1 saturated heterocycles. The lowest BCUT2D eigenvalue weighted by atomic mass is 10.2. The van der Waals surface area contributed by atoms with Crippen molar-refractivity contribution in [3.63, 3.8) is 0 Å². The maximum atomic E-state index is 11.6. The number of amides is 1. The number of carbonyl (C=O) groups is 1. The van der Waals surface area contributed by atoms with Crippen molar-refractivity contribution in [3.8, 4) is 0 Å². The number of carbonyl (C=O) groups excluding carboxylic acids is 1. The van der Waals surface area contributed by atoms with Gasteiger partial charge < -0.3 is 9.80 Å². The molecule has 0 spiro atoms. The van der Waals surface area contributed by atoms with Gasteiger partial charge in [0.25, 0.3) is 0 Å². The van der Waals surface area contributed by atoms with E-state index in [1.807, 2.05) is 0 Å². The molecule has 1 fully saturated rings. The van der Waals surface area contributed by atoms with Gasteiger partial charge >= 0.3 is 0 Å². The molecule has 0 radical (unpaired) electrons. The molecule has 106 valence electrons. The van der Waals surface area contributed by atoms with E-state index in [-0.39, 0.29) is 11.7 Å². The zero-order chi connectivity index (χ0) is 13.8. The SMILES string of the molecule is C[C@@H](CCN(C)C(=O)CS(C)(=O)=O)N1CCCC1. The van der Waals surface area contributed by atoms with Crippen LogP contribution in [0.2, 0.25) is 0 Å². The van der Waals surface area contributed by atoms with E-state index in [4.69, 9.17) is 0 Å². The number of hydrogen-bond acceptors (Lipinski definition) is 4. The third-order valence-corrected chi connectivity index (χ3v) is 4.23. The molecule has 1 amide bonds. The van der Waals surface area contributed by atoms with Crippen LogP contribution in [0.1, 0.15) is 26.2 Å². The fourth-order valence-corrected chi connectivity index (χ4v) is 2.87. The van der Waals surface area contributed by atoms with Crippen LogP contribution >= 0.6 is 0 Å². The van der Waals surface area contributed by atoms with E-state index in [1.54, 1.807) is 7.05 Å². The van der Waals surface area contributed by atoms with E-state index in [2.05, 4.69) is 11.8 Å².